The fourth-order valence-corrected chi connectivity index (χ4v) is 1.72. The van der Waals surface area contributed by atoms with Crippen molar-refractivity contribution in [2.24, 2.45) is 0 Å². The average molecular weight is 185 g/mol. The van der Waals surface area contributed by atoms with Crippen LogP contribution in [0.1, 0.15) is 26.7 Å². The van der Waals surface area contributed by atoms with Gasteiger partial charge in [0, 0.05) is 32.7 Å². The van der Waals surface area contributed by atoms with Crippen LogP contribution in [0.25, 0.3) is 0 Å². The highest BCUT2D eigenvalue weighted by Crippen LogP contribution is 1.99. The molecule has 1 aliphatic rings. The van der Waals surface area contributed by atoms with Crippen molar-refractivity contribution in [3.63, 3.8) is 0 Å². The van der Waals surface area contributed by atoms with Crippen molar-refractivity contribution < 1.29 is 0 Å². The molecule has 0 aromatic rings. The van der Waals surface area contributed by atoms with Crippen LogP contribution in [-0.4, -0.2) is 49.2 Å². The summed E-state index contributed by atoms with van der Waals surface area (Å²) in [6.45, 7) is 11.7. The molecule has 0 aromatic carbocycles. The molecule has 0 atom stereocenters. The summed E-state index contributed by atoms with van der Waals surface area (Å²) in [6, 6.07) is 0. The van der Waals surface area contributed by atoms with E-state index in [0.29, 0.717) is 0 Å². The van der Waals surface area contributed by atoms with Crippen LogP contribution in [0.3, 0.4) is 0 Å². The highest BCUT2D eigenvalue weighted by molar-refractivity contribution is 4.68. The summed E-state index contributed by atoms with van der Waals surface area (Å²) in [5.74, 6) is 0. The Kier molecular flexibility index (Phi) is 5.35. The van der Waals surface area contributed by atoms with Crippen LogP contribution in [0.5, 0.6) is 0 Å². The molecule has 3 heteroatoms. The molecule has 0 radical (unpaired) electrons. The summed E-state index contributed by atoms with van der Waals surface area (Å²) >= 11 is 0. The molecular formula is C10H23N3. The van der Waals surface area contributed by atoms with Crippen LogP contribution in [0, 0.1) is 0 Å². The quantitative estimate of drug-likeness (QED) is 0.687. The molecule has 1 rings (SSSR count). The molecule has 13 heavy (non-hydrogen) atoms. The number of hydrazine groups is 1. The van der Waals surface area contributed by atoms with E-state index in [1.54, 1.807) is 0 Å². The van der Waals surface area contributed by atoms with Gasteiger partial charge in [0.15, 0.2) is 0 Å². The molecule has 0 amide bonds. The first-order valence-electron chi connectivity index (χ1n) is 5.57. The lowest BCUT2D eigenvalue weighted by Gasteiger charge is -2.34. The zero-order valence-electron chi connectivity index (χ0n) is 9.05. The number of rotatable bonds is 5. The lowest BCUT2D eigenvalue weighted by molar-refractivity contribution is 0.0901. The third kappa shape index (κ3) is 4.07. The molecule has 1 aliphatic heterocycles. The number of nitrogens with zero attached hydrogens (tertiary/aromatic N) is 2. The van der Waals surface area contributed by atoms with E-state index in [2.05, 4.69) is 29.2 Å². The predicted octanol–water partition coefficient (Wildman–Crippen LogP) is 0.929. The molecule has 0 saturated carbocycles. The normalized spacial score (nSPS) is 20.8. The first-order valence-corrected chi connectivity index (χ1v) is 5.57. The van der Waals surface area contributed by atoms with Gasteiger partial charge in [-0.15, -0.1) is 0 Å². The summed E-state index contributed by atoms with van der Waals surface area (Å²) in [5, 5.41) is 2.36. The molecule has 1 heterocycles. The fourth-order valence-electron chi connectivity index (χ4n) is 1.72. The molecule has 3 nitrogen and oxygen atoms in total. The Morgan fingerprint density at radius 3 is 2.23 bits per heavy atom. The van der Waals surface area contributed by atoms with Crippen LogP contribution in [0.2, 0.25) is 0 Å². The standard InChI is InChI=1S/C10H23N3/c1-3-5-11-13-9-7-12(6-4-2)8-10-13/h11H,3-10H2,1-2H3. The van der Waals surface area contributed by atoms with E-state index in [-0.39, 0.29) is 0 Å². The van der Waals surface area contributed by atoms with E-state index in [4.69, 9.17) is 0 Å². The molecule has 1 fully saturated rings. The Morgan fingerprint density at radius 1 is 1.00 bits per heavy atom. The third-order valence-electron chi connectivity index (χ3n) is 2.50. The molecule has 0 aromatic heterocycles. The van der Waals surface area contributed by atoms with Crippen molar-refractivity contribution in [3.8, 4) is 0 Å². The molecular weight excluding hydrogens is 162 g/mol. The monoisotopic (exact) mass is 185 g/mol. The zero-order valence-corrected chi connectivity index (χ0v) is 9.05. The fraction of sp³-hybridized carbons (Fsp3) is 1.00. The molecule has 78 valence electrons. The van der Waals surface area contributed by atoms with Crippen molar-refractivity contribution >= 4 is 0 Å². The van der Waals surface area contributed by atoms with Crippen molar-refractivity contribution in [3.05, 3.63) is 0 Å². The second-order valence-electron chi connectivity index (χ2n) is 3.74. The van der Waals surface area contributed by atoms with Gasteiger partial charge in [-0.3, -0.25) is 5.43 Å². The Balaban J connectivity index is 2.08. The third-order valence-corrected chi connectivity index (χ3v) is 2.50. The summed E-state index contributed by atoms with van der Waals surface area (Å²) in [5.41, 5.74) is 3.44. The molecule has 0 spiro atoms. The minimum absolute atomic E-state index is 1.12. The molecule has 1 saturated heterocycles. The van der Waals surface area contributed by atoms with Gasteiger partial charge < -0.3 is 4.90 Å². The minimum Gasteiger partial charge on any atom is -0.301 e. The van der Waals surface area contributed by atoms with Gasteiger partial charge in [-0.05, 0) is 19.4 Å². The van der Waals surface area contributed by atoms with E-state index in [0.717, 1.165) is 6.54 Å². The van der Waals surface area contributed by atoms with Crippen molar-refractivity contribution in [1.29, 1.82) is 0 Å². The van der Waals surface area contributed by atoms with Gasteiger partial charge >= 0.3 is 0 Å². The Hall–Kier alpha value is -0.120. The highest BCUT2D eigenvalue weighted by atomic mass is 15.5. The van der Waals surface area contributed by atoms with Crippen LogP contribution < -0.4 is 5.43 Å². The summed E-state index contributed by atoms with van der Waals surface area (Å²) < 4.78 is 0. The predicted molar refractivity (Wildman–Crippen MR) is 56.6 cm³/mol. The number of hydrogen-bond donors (Lipinski definition) is 1. The van der Waals surface area contributed by atoms with E-state index in [9.17, 15) is 0 Å². The van der Waals surface area contributed by atoms with Crippen LogP contribution >= 0.6 is 0 Å². The largest absolute Gasteiger partial charge is 0.301 e. The van der Waals surface area contributed by atoms with Crippen molar-refractivity contribution in [2.45, 2.75) is 26.7 Å². The molecule has 0 bridgehead atoms. The second kappa shape index (κ2) is 6.35. The van der Waals surface area contributed by atoms with E-state index >= 15 is 0 Å². The summed E-state index contributed by atoms with van der Waals surface area (Å²) in [6.07, 6.45) is 2.50. The van der Waals surface area contributed by atoms with Gasteiger partial charge in [0.2, 0.25) is 0 Å². The Labute approximate surface area is 82.1 Å². The lowest BCUT2D eigenvalue weighted by Crippen LogP contribution is -2.52. The van der Waals surface area contributed by atoms with E-state index in [1.165, 1.54) is 45.6 Å². The van der Waals surface area contributed by atoms with Gasteiger partial charge in [-0.2, -0.15) is 0 Å². The van der Waals surface area contributed by atoms with E-state index in [1.807, 2.05) is 0 Å². The Bertz CT molecular complexity index is 119. The maximum atomic E-state index is 3.44. The topological polar surface area (TPSA) is 18.5 Å². The number of hydrogen-bond acceptors (Lipinski definition) is 3. The SMILES string of the molecule is CCCNN1CCN(CCC)CC1. The molecule has 0 unspecified atom stereocenters. The molecule has 0 aliphatic carbocycles. The van der Waals surface area contributed by atoms with Crippen molar-refractivity contribution in [2.75, 3.05) is 39.3 Å². The summed E-state index contributed by atoms with van der Waals surface area (Å²) in [7, 11) is 0. The van der Waals surface area contributed by atoms with Gasteiger partial charge in [-0.1, -0.05) is 13.8 Å². The first kappa shape index (κ1) is 11.0. The highest BCUT2D eigenvalue weighted by Gasteiger charge is 2.14. The van der Waals surface area contributed by atoms with Crippen LogP contribution in [0.15, 0.2) is 0 Å². The maximum Gasteiger partial charge on any atom is 0.0259 e. The summed E-state index contributed by atoms with van der Waals surface area (Å²) in [4.78, 5) is 2.55. The number of piperazine rings is 1. The van der Waals surface area contributed by atoms with Crippen molar-refractivity contribution in [1.82, 2.24) is 15.3 Å². The van der Waals surface area contributed by atoms with E-state index < -0.39 is 0 Å². The van der Waals surface area contributed by atoms with Gasteiger partial charge in [0.1, 0.15) is 0 Å². The van der Waals surface area contributed by atoms with Gasteiger partial charge in [0.25, 0.3) is 0 Å². The minimum atomic E-state index is 1.12. The average Bonchev–Trinajstić information content (AvgIpc) is 2.17. The van der Waals surface area contributed by atoms with Gasteiger partial charge in [0.05, 0.1) is 0 Å². The van der Waals surface area contributed by atoms with Gasteiger partial charge in [-0.25, -0.2) is 5.01 Å². The Morgan fingerprint density at radius 2 is 1.69 bits per heavy atom. The maximum absolute atomic E-state index is 3.44. The second-order valence-corrected chi connectivity index (χ2v) is 3.74. The zero-order chi connectivity index (χ0) is 9.52. The first-order chi connectivity index (χ1) is 6.36. The smallest absolute Gasteiger partial charge is 0.0259 e. The number of nitrogens with one attached hydrogen (secondary N) is 1. The lowest BCUT2D eigenvalue weighted by atomic mass is 10.3. The van der Waals surface area contributed by atoms with Crippen LogP contribution in [-0.2, 0) is 0 Å². The molecule has 1 N–H and O–H groups in total. The van der Waals surface area contributed by atoms with Crippen LogP contribution in [0.4, 0.5) is 0 Å².